The molecule has 6 nitrogen and oxygen atoms in total. The first-order chi connectivity index (χ1) is 17.4. The number of carbonyl (C=O) groups is 2. The molecular formula is C28H33Cl2NO5S. The van der Waals surface area contributed by atoms with Gasteiger partial charge < -0.3 is 10.0 Å². The van der Waals surface area contributed by atoms with Crippen LogP contribution in [0.25, 0.3) is 0 Å². The van der Waals surface area contributed by atoms with Gasteiger partial charge in [0, 0.05) is 22.0 Å². The van der Waals surface area contributed by atoms with Gasteiger partial charge in [-0.3, -0.25) is 9.59 Å². The summed E-state index contributed by atoms with van der Waals surface area (Å²) in [5.74, 6) is -1.59. The normalized spacial score (nSPS) is 25.5. The van der Waals surface area contributed by atoms with Crippen molar-refractivity contribution in [1.82, 2.24) is 4.90 Å². The smallest absolute Gasteiger partial charge is 0.304 e. The number of carbonyl (C=O) groups excluding carboxylic acids is 1. The van der Waals surface area contributed by atoms with Crippen molar-refractivity contribution >= 4 is 44.9 Å². The fourth-order valence-corrected chi connectivity index (χ4v) is 8.11. The number of hydrogen-bond acceptors (Lipinski definition) is 4. The molecule has 200 valence electrons. The molecule has 9 heteroatoms. The van der Waals surface area contributed by atoms with E-state index in [1.807, 2.05) is 37.3 Å². The van der Waals surface area contributed by atoms with Crippen LogP contribution in [0, 0.1) is 5.41 Å². The summed E-state index contributed by atoms with van der Waals surface area (Å²) < 4.78 is 25.7. The number of carboxylic acid groups (broad SMARTS) is 1. The molecule has 2 aliphatic rings. The second kappa shape index (κ2) is 11.0. The van der Waals surface area contributed by atoms with Crippen LogP contribution in [0.1, 0.15) is 75.5 Å². The number of halogens is 2. The molecule has 2 aromatic carbocycles. The topological polar surface area (TPSA) is 91.8 Å². The van der Waals surface area contributed by atoms with Crippen LogP contribution in [0.5, 0.6) is 0 Å². The van der Waals surface area contributed by atoms with E-state index in [1.54, 1.807) is 30.0 Å². The number of piperidine rings is 1. The number of nitrogens with zero attached hydrogens (tertiary/aromatic N) is 1. The van der Waals surface area contributed by atoms with Crippen LogP contribution in [0.4, 0.5) is 0 Å². The first-order valence-electron chi connectivity index (χ1n) is 12.7. The Hall–Kier alpha value is -2.09. The van der Waals surface area contributed by atoms with E-state index in [2.05, 4.69) is 0 Å². The van der Waals surface area contributed by atoms with Gasteiger partial charge in [0.25, 0.3) is 0 Å². The maximum Gasteiger partial charge on any atom is 0.304 e. The van der Waals surface area contributed by atoms with E-state index in [1.165, 1.54) is 0 Å². The maximum atomic E-state index is 14.1. The van der Waals surface area contributed by atoms with Crippen LogP contribution in [0.3, 0.4) is 0 Å². The number of benzene rings is 2. The molecule has 1 saturated heterocycles. The van der Waals surface area contributed by atoms with Crippen LogP contribution < -0.4 is 0 Å². The van der Waals surface area contributed by atoms with E-state index in [0.29, 0.717) is 29.3 Å². The molecule has 1 N–H and O–H groups in total. The summed E-state index contributed by atoms with van der Waals surface area (Å²) in [5.41, 5.74) is 0.590. The lowest BCUT2D eigenvalue weighted by atomic mass is 9.67. The highest BCUT2D eigenvalue weighted by molar-refractivity contribution is 7.92. The molecule has 1 aliphatic carbocycles. The summed E-state index contributed by atoms with van der Waals surface area (Å²) in [5, 5.41) is 10.5. The van der Waals surface area contributed by atoms with E-state index < -0.39 is 33.3 Å². The van der Waals surface area contributed by atoms with Gasteiger partial charge in [-0.05, 0) is 68.0 Å². The molecule has 2 fully saturated rings. The second-order valence-electron chi connectivity index (χ2n) is 10.8. The highest BCUT2D eigenvalue weighted by Gasteiger charge is 2.52. The highest BCUT2D eigenvalue weighted by Crippen LogP contribution is 2.52. The molecule has 0 spiro atoms. The first kappa shape index (κ1) is 27.9. The summed E-state index contributed by atoms with van der Waals surface area (Å²) in [6.07, 6.45) is 2.59. The molecule has 0 aromatic heterocycles. The van der Waals surface area contributed by atoms with Crippen LogP contribution >= 0.6 is 23.2 Å². The van der Waals surface area contributed by atoms with Crippen molar-refractivity contribution in [2.24, 2.45) is 5.41 Å². The lowest BCUT2D eigenvalue weighted by molar-refractivity contribution is -0.160. The predicted molar refractivity (Wildman–Crippen MR) is 146 cm³/mol. The largest absolute Gasteiger partial charge is 0.481 e. The van der Waals surface area contributed by atoms with E-state index in [0.717, 1.165) is 17.5 Å². The van der Waals surface area contributed by atoms with Crippen LogP contribution in [-0.4, -0.2) is 47.3 Å². The lowest BCUT2D eigenvalue weighted by Gasteiger charge is -2.51. The zero-order chi connectivity index (χ0) is 27.0. The first-order valence-corrected chi connectivity index (χ1v) is 15.2. The minimum absolute atomic E-state index is 0.00652. The third-order valence-corrected chi connectivity index (χ3v) is 10.8. The molecule has 1 saturated carbocycles. The lowest BCUT2D eigenvalue weighted by Crippen LogP contribution is -2.55. The number of likely N-dealkylation sites (tertiary alicyclic amines) is 1. The molecule has 0 bridgehead atoms. The Balaban J connectivity index is 1.78. The number of hydrogen-bond donors (Lipinski definition) is 1. The summed E-state index contributed by atoms with van der Waals surface area (Å²) in [4.78, 5) is 27.7. The second-order valence-corrected chi connectivity index (χ2v) is 14.0. The Kier molecular flexibility index (Phi) is 8.27. The van der Waals surface area contributed by atoms with Gasteiger partial charge in [0.1, 0.15) is 0 Å². The zero-order valence-electron chi connectivity index (χ0n) is 21.1. The molecule has 1 aliphatic heterocycles. The maximum absolute atomic E-state index is 14.1. The van der Waals surface area contributed by atoms with Crippen LogP contribution in [-0.2, 0) is 19.4 Å². The van der Waals surface area contributed by atoms with Gasteiger partial charge in [0.05, 0.1) is 28.9 Å². The summed E-state index contributed by atoms with van der Waals surface area (Å²) >= 11 is 12.5. The number of carboxylic acids is 1. The molecule has 0 unspecified atom stereocenters. The Morgan fingerprint density at radius 2 is 1.78 bits per heavy atom. The Labute approximate surface area is 228 Å². The van der Waals surface area contributed by atoms with Gasteiger partial charge in [-0.25, -0.2) is 8.42 Å². The monoisotopic (exact) mass is 565 g/mol. The van der Waals surface area contributed by atoms with E-state index in [4.69, 9.17) is 23.2 Å². The Morgan fingerprint density at radius 3 is 2.35 bits per heavy atom. The van der Waals surface area contributed by atoms with E-state index in [9.17, 15) is 23.1 Å². The fourth-order valence-electron chi connectivity index (χ4n) is 5.73. The zero-order valence-corrected chi connectivity index (χ0v) is 23.4. The molecular weight excluding hydrogens is 533 g/mol. The predicted octanol–water partition coefficient (Wildman–Crippen LogP) is 6.28. The van der Waals surface area contributed by atoms with E-state index in [-0.39, 0.29) is 35.7 Å². The van der Waals surface area contributed by atoms with E-state index >= 15 is 0 Å². The van der Waals surface area contributed by atoms with Crippen molar-refractivity contribution in [2.75, 3.05) is 5.75 Å². The summed E-state index contributed by atoms with van der Waals surface area (Å²) in [7, 11) is -3.25. The van der Waals surface area contributed by atoms with Gasteiger partial charge in [-0.1, -0.05) is 60.8 Å². The number of amides is 1. The van der Waals surface area contributed by atoms with Crippen LogP contribution in [0.15, 0.2) is 48.5 Å². The van der Waals surface area contributed by atoms with Crippen molar-refractivity contribution in [3.05, 3.63) is 69.7 Å². The van der Waals surface area contributed by atoms with Gasteiger partial charge >= 0.3 is 5.97 Å². The van der Waals surface area contributed by atoms with Crippen molar-refractivity contribution in [3.63, 3.8) is 0 Å². The minimum atomic E-state index is -3.25. The van der Waals surface area contributed by atoms with Gasteiger partial charge in [0.15, 0.2) is 9.84 Å². The molecule has 2 aromatic rings. The number of aliphatic carboxylic acids is 1. The average molecular weight is 567 g/mol. The third kappa shape index (κ3) is 5.99. The number of sulfone groups is 1. The summed E-state index contributed by atoms with van der Waals surface area (Å²) in [6, 6.07) is 13.8. The van der Waals surface area contributed by atoms with Crippen LogP contribution in [0.2, 0.25) is 10.0 Å². The minimum Gasteiger partial charge on any atom is -0.481 e. The molecule has 37 heavy (non-hydrogen) atoms. The van der Waals surface area contributed by atoms with Crippen molar-refractivity contribution < 1.29 is 23.1 Å². The van der Waals surface area contributed by atoms with Crippen molar-refractivity contribution in [1.29, 1.82) is 0 Å². The Morgan fingerprint density at radius 1 is 1.11 bits per heavy atom. The molecule has 0 radical (unpaired) electrons. The molecule has 4 atom stereocenters. The van der Waals surface area contributed by atoms with Gasteiger partial charge in [-0.2, -0.15) is 0 Å². The van der Waals surface area contributed by atoms with Crippen molar-refractivity contribution in [2.45, 2.75) is 75.6 Å². The van der Waals surface area contributed by atoms with Gasteiger partial charge in [-0.15, -0.1) is 0 Å². The molecule has 1 heterocycles. The highest BCUT2D eigenvalue weighted by atomic mass is 35.5. The summed E-state index contributed by atoms with van der Waals surface area (Å²) in [6.45, 7) is 3.56. The molecule has 1 amide bonds. The van der Waals surface area contributed by atoms with Gasteiger partial charge in [0.2, 0.25) is 5.91 Å². The fraction of sp³-hybridized carbons (Fsp3) is 0.500. The molecule has 4 rings (SSSR count). The quantitative estimate of drug-likeness (QED) is 0.386. The average Bonchev–Trinajstić information content (AvgIpc) is 2.78. The number of rotatable bonds is 9. The Bertz CT molecular complexity index is 1260. The SMILES string of the molecule is C[C@@H](CCS(=O)(=O)C1CCC1)N1C(=O)[C@@](C)(CC(=O)O)C[C@H](c2cccc(Cl)c2)[C@H]1c1ccc(Cl)cc1. The standard InChI is InChI=1S/C28H33Cl2NO5S/c1-18(13-14-37(35,36)23-7-4-8-23)31-26(19-9-11-21(29)12-10-19)24(20-5-3-6-22(30)15-20)16-28(2,27(31)34)17-25(32)33/h3,5-6,9-12,15,18,23-24,26H,4,7-8,13-14,16-17H2,1-2H3,(H,32,33)/t18-,24+,26+,28+/m0/s1. The third-order valence-electron chi connectivity index (χ3n) is 7.99. The van der Waals surface area contributed by atoms with Crippen molar-refractivity contribution in [3.8, 4) is 0 Å².